The van der Waals surface area contributed by atoms with Crippen molar-refractivity contribution in [1.29, 1.82) is 0 Å². The van der Waals surface area contributed by atoms with E-state index in [4.69, 9.17) is 4.18 Å². The average Bonchev–Trinajstić information content (AvgIpc) is 2.80. The first-order chi connectivity index (χ1) is 15.8. The largest absolute Gasteiger partial charge is 0.297 e. The Kier molecular flexibility index (Phi) is 8.58. The van der Waals surface area contributed by atoms with E-state index in [1.54, 1.807) is 42.7 Å². The zero-order valence-corrected chi connectivity index (χ0v) is 20.6. The van der Waals surface area contributed by atoms with Gasteiger partial charge in [0, 0.05) is 36.3 Å². The van der Waals surface area contributed by atoms with Gasteiger partial charge >= 0.3 is 0 Å². The summed E-state index contributed by atoms with van der Waals surface area (Å²) in [6, 6.07) is 13.1. The number of nitrogens with zero attached hydrogens (tertiary/aromatic N) is 2. The molecular formula is C24H30N2O5S2. The molecule has 178 valence electrons. The van der Waals surface area contributed by atoms with Crippen LogP contribution in [0.15, 0.2) is 70.7 Å². The van der Waals surface area contributed by atoms with E-state index in [0.717, 1.165) is 30.2 Å². The second kappa shape index (κ2) is 11.2. The molecule has 0 aliphatic heterocycles. The molecule has 3 aromatic rings. The third kappa shape index (κ3) is 6.38. The lowest BCUT2D eigenvalue weighted by Gasteiger charge is -2.23. The SMILES string of the molecule is CCCCCCN(CCOS(=O)(=O)c1ccc(C)cc1)S(=O)(=O)c1cccc2cnccc12. The second-order valence-electron chi connectivity index (χ2n) is 7.91. The molecule has 0 aliphatic rings. The number of aryl methyl sites for hydroxylation is 1. The zero-order chi connectivity index (χ0) is 23.9. The van der Waals surface area contributed by atoms with E-state index < -0.39 is 20.1 Å². The van der Waals surface area contributed by atoms with Crippen molar-refractivity contribution in [3.63, 3.8) is 0 Å². The Hall–Kier alpha value is -2.33. The predicted molar refractivity (Wildman–Crippen MR) is 129 cm³/mol. The van der Waals surface area contributed by atoms with Crippen LogP contribution in [-0.4, -0.2) is 45.8 Å². The van der Waals surface area contributed by atoms with Crippen LogP contribution >= 0.6 is 0 Å². The maximum absolute atomic E-state index is 13.6. The maximum Gasteiger partial charge on any atom is 0.297 e. The Labute approximate surface area is 196 Å². The van der Waals surface area contributed by atoms with Crippen molar-refractivity contribution < 1.29 is 21.0 Å². The van der Waals surface area contributed by atoms with Crippen molar-refractivity contribution in [2.24, 2.45) is 0 Å². The molecule has 0 amide bonds. The minimum absolute atomic E-state index is 0.0482. The lowest BCUT2D eigenvalue weighted by Crippen LogP contribution is -2.35. The molecule has 33 heavy (non-hydrogen) atoms. The van der Waals surface area contributed by atoms with Crippen LogP contribution in [0, 0.1) is 6.92 Å². The summed E-state index contributed by atoms with van der Waals surface area (Å²) in [5, 5.41) is 1.31. The van der Waals surface area contributed by atoms with Crippen LogP contribution in [0.25, 0.3) is 10.8 Å². The number of unbranched alkanes of at least 4 members (excludes halogenated alkanes) is 3. The first-order valence-electron chi connectivity index (χ1n) is 11.0. The highest BCUT2D eigenvalue weighted by Gasteiger charge is 2.27. The van der Waals surface area contributed by atoms with Gasteiger partial charge in [-0.1, -0.05) is 56.0 Å². The van der Waals surface area contributed by atoms with E-state index in [2.05, 4.69) is 11.9 Å². The highest BCUT2D eigenvalue weighted by atomic mass is 32.2. The third-order valence-corrected chi connectivity index (χ3v) is 8.69. The average molecular weight is 491 g/mol. The number of pyridine rings is 1. The van der Waals surface area contributed by atoms with Gasteiger partial charge in [0.1, 0.15) is 0 Å². The van der Waals surface area contributed by atoms with Gasteiger partial charge in [0.15, 0.2) is 0 Å². The van der Waals surface area contributed by atoms with Crippen LogP contribution in [-0.2, 0) is 24.3 Å². The van der Waals surface area contributed by atoms with Gasteiger partial charge in [-0.3, -0.25) is 9.17 Å². The van der Waals surface area contributed by atoms with Crippen molar-refractivity contribution in [2.75, 3.05) is 19.7 Å². The zero-order valence-electron chi connectivity index (χ0n) is 19.0. The molecule has 0 N–H and O–H groups in total. The molecule has 0 radical (unpaired) electrons. The number of aromatic nitrogens is 1. The molecule has 9 heteroatoms. The van der Waals surface area contributed by atoms with E-state index in [1.807, 2.05) is 13.0 Å². The van der Waals surface area contributed by atoms with E-state index in [1.165, 1.54) is 16.4 Å². The fourth-order valence-corrected chi connectivity index (χ4v) is 6.12. The summed E-state index contributed by atoms with van der Waals surface area (Å²) in [5.41, 5.74) is 0.934. The number of hydrogen-bond donors (Lipinski definition) is 0. The number of hydrogen-bond acceptors (Lipinski definition) is 6. The number of fused-ring (bicyclic) bond motifs is 1. The van der Waals surface area contributed by atoms with Gasteiger partial charge in [0.25, 0.3) is 10.1 Å². The van der Waals surface area contributed by atoms with Gasteiger partial charge in [0.2, 0.25) is 10.0 Å². The summed E-state index contributed by atoms with van der Waals surface area (Å²) < 4.78 is 58.7. The summed E-state index contributed by atoms with van der Waals surface area (Å²) in [5.74, 6) is 0. The first kappa shape index (κ1) is 25.3. The Morgan fingerprint density at radius 2 is 1.67 bits per heavy atom. The van der Waals surface area contributed by atoms with Gasteiger partial charge in [0.05, 0.1) is 16.4 Å². The van der Waals surface area contributed by atoms with Crippen LogP contribution in [0.5, 0.6) is 0 Å². The quantitative estimate of drug-likeness (QED) is 0.274. The Bertz CT molecular complexity index is 1270. The fourth-order valence-electron chi connectivity index (χ4n) is 3.55. The van der Waals surface area contributed by atoms with Crippen molar-refractivity contribution >= 4 is 30.9 Å². The van der Waals surface area contributed by atoms with Crippen LogP contribution in [0.3, 0.4) is 0 Å². The normalized spacial score (nSPS) is 12.5. The molecule has 0 saturated heterocycles. The summed E-state index contributed by atoms with van der Waals surface area (Å²) in [4.78, 5) is 4.29. The van der Waals surface area contributed by atoms with E-state index in [0.29, 0.717) is 11.8 Å². The van der Waals surface area contributed by atoms with Crippen LogP contribution < -0.4 is 0 Å². The van der Waals surface area contributed by atoms with Gasteiger partial charge in [-0.25, -0.2) is 8.42 Å². The minimum atomic E-state index is -3.98. The molecule has 0 unspecified atom stereocenters. The van der Waals surface area contributed by atoms with Crippen LogP contribution in [0.2, 0.25) is 0 Å². The fraction of sp³-hybridized carbons (Fsp3) is 0.375. The standard InChI is InChI=1S/C24H30N2O5S2/c1-3-4-5-6-16-26(17-18-31-33(29,30)22-12-10-20(2)11-13-22)32(27,28)24-9-7-8-21-19-25-15-14-23(21)24/h7-15,19H,3-6,16-18H2,1-2H3. The molecule has 0 saturated carbocycles. The predicted octanol–water partition coefficient (Wildman–Crippen LogP) is 4.52. The van der Waals surface area contributed by atoms with E-state index >= 15 is 0 Å². The number of sulfonamides is 1. The lowest BCUT2D eigenvalue weighted by molar-refractivity contribution is 0.273. The maximum atomic E-state index is 13.6. The molecule has 1 heterocycles. The highest BCUT2D eigenvalue weighted by molar-refractivity contribution is 7.89. The molecule has 2 aromatic carbocycles. The van der Waals surface area contributed by atoms with Gasteiger partial charge < -0.3 is 0 Å². The molecule has 1 aromatic heterocycles. The van der Waals surface area contributed by atoms with Crippen LogP contribution in [0.4, 0.5) is 0 Å². The molecule has 3 rings (SSSR count). The molecule has 0 atom stereocenters. The third-order valence-electron chi connectivity index (χ3n) is 5.41. The van der Waals surface area contributed by atoms with Crippen molar-refractivity contribution in [3.05, 3.63) is 66.5 Å². The van der Waals surface area contributed by atoms with Gasteiger partial charge in [-0.2, -0.15) is 12.7 Å². The topological polar surface area (TPSA) is 93.6 Å². The van der Waals surface area contributed by atoms with Crippen LogP contribution in [0.1, 0.15) is 38.2 Å². The molecule has 0 fully saturated rings. The van der Waals surface area contributed by atoms with Gasteiger partial charge in [-0.05, 0) is 37.6 Å². The Morgan fingerprint density at radius 3 is 2.39 bits per heavy atom. The van der Waals surface area contributed by atoms with E-state index in [-0.39, 0.29) is 29.5 Å². The first-order valence-corrected chi connectivity index (χ1v) is 13.9. The summed E-state index contributed by atoms with van der Waals surface area (Å²) in [6.07, 6.45) is 6.79. The molecular weight excluding hydrogens is 460 g/mol. The molecule has 0 spiro atoms. The Morgan fingerprint density at radius 1 is 0.909 bits per heavy atom. The molecule has 0 bridgehead atoms. The van der Waals surface area contributed by atoms with Crippen molar-refractivity contribution in [2.45, 2.75) is 49.3 Å². The van der Waals surface area contributed by atoms with E-state index in [9.17, 15) is 16.8 Å². The smallest absolute Gasteiger partial charge is 0.265 e. The minimum Gasteiger partial charge on any atom is -0.265 e. The van der Waals surface area contributed by atoms with Crippen molar-refractivity contribution in [1.82, 2.24) is 9.29 Å². The number of benzene rings is 2. The highest BCUT2D eigenvalue weighted by Crippen LogP contribution is 2.25. The van der Waals surface area contributed by atoms with Gasteiger partial charge in [-0.15, -0.1) is 0 Å². The van der Waals surface area contributed by atoms with Crippen molar-refractivity contribution in [3.8, 4) is 0 Å². The number of rotatable bonds is 12. The second-order valence-corrected chi connectivity index (χ2v) is 11.4. The monoisotopic (exact) mass is 490 g/mol. The lowest BCUT2D eigenvalue weighted by atomic mass is 10.2. The summed E-state index contributed by atoms with van der Waals surface area (Å²) in [7, 11) is -7.85. The summed E-state index contributed by atoms with van der Waals surface area (Å²) >= 11 is 0. The Balaban J connectivity index is 1.81. The molecule has 0 aliphatic carbocycles. The molecule has 7 nitrogen and oxygen atoms in total. The summed E-state index contributed by atoms with van der Waals surface area (Å²) in [6.45, 7) is 3.90.